The zero-order chi connectivity index (χ0) is 12.9. The Morgan fingerprint density at radius 1 is 1.41 bits per heavy atom. The molecule has 1 aromatic rings. The fourth-order valence-electron chi connectivity index (χ4n) is 1.25. The van der Waals surface area contributed by atoms with Crippen LogP contribution in [0.15, 0.2) is 41.8 Å². The van der Waals surface area contributed by atoms with E-state index in [0.717, 1.165) is 5.56 Å². The Bertz CT molecular complexity index is 465. The monoisotopic (exact) mass is 255 g/mol. The van der Waals surface area contributed by atoms with Crippen LogP contribution in [0.4, 0.5) is 0 Å². The summed E-state index contributed by atoms with van der Waals surface area (Å²) >= 11 is 0. The van der Waals surface area contributed by atoms with Gasteiger partial charge < -0.3 is 5.73 Å². The molecule has 0 aromatic heterocycles. The largest absolute Gasteiger partial charge is 0.305 e. The first-order valence-electron chi connectivity index (χ1n) is 5.32. The van der Waals surface area contributed by atoms with Crippen LogP contribution >= 0.6 is 0 Å². The van der Waals surface area contributed by atoms with Gasteiger partial charge in [-0.05, 0) is 31.9 Å². The van der Waals surface area contributed by atoms with Gasteiger partial charge in [0.2, 0.25) is 0 Å². The van der Waals surface area contributed by atoms with Crippen LogP contribution in [0.1, 0.15) is 18.4 Å². The maximum atomic E-state index is 11.8. The lowest BCUT2D eigenvalue weighted by Crippen LogP contribution is -2.27. The van der Waals surface area contributed by atoms with Crippen LogP contribution in [0.25, 0.3) is 0 Å². The van der Waals surface area contributed by atoms with Gasteiger partial charge in [0, 0.05) is 0 Å². The smallest absolute Gasteiger partial charge is 0.298 e. The predicted molar refractivity (Wildman–Crippen MR) is 66.9 cm³/mol. The number of hydrogen-bond donors (Lipinski definition) is 1. The van der Waals surface area contributed by atoms with E-state index in [4.69, 9.17) is 9.92 Å². The first kappa shape index (κ1) is 13.9. The first-order chi connectivity index (χ1) is 7.95. The molecule has 1 rings (SSSR count). The molecule has 0 saturated carbocycles. The van der Waals surface area contributed by atoms with E-state index >= 15 is 0 Å². The fraction of sp³-hybridized carbons (Fsp3) is 0.333. The van der Waals surface area contributed by atoms with Gasteiger partial charge in [-0.2, -0.15) is 8.42 Å². The average Bonchev–Trinajstić information content (AvgIpc) is 2.26. The molecular weight excluding hydrogens is 238 g/mol. The number of nitrogens with two attached hydrogens (primary N) is 1. The van der Waals surface area contributed by atoms with Crippen molar-refractivity contribution in [2.24, 2.45) is 5.73 Å². The van der Waals surface area contributed by atoms with Crippen molar-refractivity contribution in [2.45, 2.75) is 30.9 Å². The second-order valence-corrected chi connectivity index (χ2v) is 5.34. The second kappa shape index (κ2) is 5.95. The van der Waals surface area contributed by atoms with Gasteiger partial charge in [-0.1, -0.05) is 23.8 Å². The number of rotatable bonds is 6. The average molecular weight is 255 g/mol. The van der Waals surface area contributed by atoms with Gasteiger partial charge in [0.05, 0.1) is 4.90 Å². The number of hydrogen-bond acceptors (Lipinski definition) is 4. The summed E-state index contributed by atoms with van der Waals surface area (Å²) in [6.07, 6.45) is 1.88. The van der Waals surface area contributed by atoms with Crippen molar-refractivity contribution >= 4 is 10.1 Å². The minimum absolute atomic E-state index is 0.122. The molecule has 1 aromatic carbocycles. The molecule has 0 aliphatic carbocycles. The molecule has 4 nitrogen and oxygen atoms in total. The number of aryl methyl sites for hydroxylation is 1. The molecular formula is C12H17NO3S. The van der Waals surface area contributed by atoms with Gasteiger partial charge in [-0.15, -0.1) is 6.58 Å². The van der Waals surface area contributed by atoms with Crippen LogP contribution in [-0.2, 0) is 14.3 Å². The standard InChI is InChI=1S/C12H17NO3S/c1-3-4-5-12(13)16-17(14,15)11-8-6-10(2)7-9-11/h3,6-9,12H,1,4-5,13H2,2H3. The lowest BCUT2D eigenvalue weighted by molar-refractivity contribution is 0.207. The summed E-state index contributed by atoms with van der Waals surface area (Å²) in [5.41, 5.74) is 6.55. The SMILES string of the molecule is C=CCCC(N)OS(=O)(=O)c1ccc(C)cc1. The zero-order valence-corrected chi connectivity index (χ0v) is 10.6. The summed E-state index contributed by atoms with van der Waals surface area (Å²) in [5, 5.41) is 0. The van der Waals surface area contributed by atoms with Gasteiger partial charge >= 0.3 is 0 Å². The molecule has 0 bridgehead atoms. The fourth-order valence-corrected chi connectivity index (χ4v) is 2.26. The minimum Gasteiger partial charge on any atom is -0.305 e. The molecule has 0 radical (unpaired) electrons. The first-order valence-corrected chi connectivity index (χ1v) is 6.73. The lowest BCUT2D eigenvalue weighted by Gasteiger charge is -2.12. The van der Waals surface area contributed by atoms with Gasteiger partial charge in [-0.3, -0.25) is 0 Å². The van der Waals surface area contributed by atoms with Crippen molar-refractivity contribution < 1.29 is 12.6 Å². The highest BCUT2D eigenvalue weighted by Gasteiger charge is 2.18. The van der Waals surface area contributed by atoms with E-state index in [1.807, 2.05) is 6.92 Å². The van der Waals surface area contributed by atoms with Crippen LogP contribution in [0.5, 0.6) is 0 Å². The molecule has 0 aliphatic rings. The van der Waals surface area contributed by atoms with Crippen LogP contribution in [0.2, 0.25) is 0 Å². The summed E-state index contributed by atoms with van der Waals surface area (Å²) in [5.74, 6) is 0. The molecule has 94 valence electrons. The van der Waals surface area contributed by atoms with Gasteiger partial charge in [0.15, 0.2) is 0 Å². The Balaban J connectivity index is 2.74. The van der Waals surface area contributed by atoms with E-state index in [1.165, 1.54) is 12.1 Å². The maximum absolute atomic E-state index is 11.8. The molecule has 2 N–H and O–H groups in total. The maximum Gasteiger partial charge on any atom is 0.298 e. The van der Waals surface area contributed by atoms with E-state index in [0.29, 0.717) is 12.8 Å². The minimum atomic E-state index is -3.77. The van der Waals surface area contributed by atoms with Crippen LogP contribution in [0, 0.1) is 6.92 Å². The van der Waals surface area contributed by atoms with Gasteiger partial charge in [0.25, 0.3) is 10.1 Å². The van der Waals surface area contributed by atoms with Crippen molar-refractivity contribution in [3.63, 3.8) is 0 Å². The number of allylic oxidation sites excluding steroid dienone is 1. The number of benzene rings is 1. The van der Waals surface area contributed by atoms with E-state index in [-0.39, 0.29) is 4.90 Å². The Hall–Kier alpha value is -1.17. The van der Waals surface area contributed by atoms with Crippen molar-refractivity contribution in [1.82, 2.24) is 0 Å². The Kier molecular flexibility index (Phi) is 4.86. The molecule has 0 fully saturated rings. The third kappa shape index (κ3) is 4.30. The van der Waals surface area contributed by atoms with Gasteiger partial charge in [0.1, 0.15) is 6.23 Å². The third-order valence-corrected chi connectivity index (χ3v) is 3.57. The lowest BCUT2D eigenvalue weighted by atomic mass is 10.2. The highest BCUT2D eigenvalue weighted by atomic mass is 32.2. The predicted octanol–water partition coefficient (Wildman–Crippen LogP) is 1.95. The highest BCUT2D eigenvalue weighted by Crippen LogP contribution is 2.15. The zero-order valence-electron chi connectivity index (χ0n) is 9.80. The van der Waals surface area contributed by atoms with E-state index in [1.54, 1.807) is 18.2 Å². The normalized spacial score (nSPS) is 13.3. The van der Waals surface area contributed by atoms with Crippen LogP contribution in [-0.4, -0.2) is 14.6 Å². The molecule has 0 spiro atoms. The summed E-state index contributed by atoms with van der Waals surface area (Å²) in [6, 6.07) is 6.44. The van der Waals surface area contributed by atoms with Crippen LogP contribution in [0.3, 0.4) is 0 Å². The molecule has 17 heavy (non-hydrogen) atoms. The Morgan fingerprint density at radius 2 is 2.00 bits per heavy atom. The van der Waals surface area contributed by atoms with Crippen LogP contribution < -0.4 is 5.73 Å². The molecule has 0 amide bonds. The summed E-state index contributed by atoms with van der Waals surface area (Å²) in [4.78, 5) is 0.122. The molecule has 1 unspecified atom stereocenters. The summed E-state index contributed by atoms with van der Waals surface area (Å²) < 4.78 is 28.4. The molecule has 0 saturated heterocycles. The summed E-state index contributed by atoms with van der Waals surface area (Å²) in [7, 11) is -3.77. The molecule has 5 heteroatoms. The van der Waals surface area contributed by atoms with Crippen molar-refractivity contribution in [2.75, 3.05) is 0 Å². The second-order valence-electron chi connectivity index (χ2n) is 3.77. The molecule has 1 atom stereocenters. The Morgan fingerprint density at radius 3 is 2.53 bits per heavy atom. The van der Waals surface area contributed by atoms with Crippen molar-refractivity contribution in [3.05, 3.63) is 42.5 Å². The third-order valence-electron chi connectivity index (χ3n) is 2.22. The molecule has 0 heterocycles. The van der Waals surface area contributed by atoms with E-state index in [9.17, 15) is 8.42 Å². The van der Waals surface area contributed by atoms with E-state index < -0.39 is 16.3 Å². The topological polar surface area (TPSA) is 69.4 Å². The summed E-state index contributed by atoms with van der Waals surface area (Å²) in [6.45, 7) is 5.42. The van der Waals surface area contributed by atoms with Crippen molar-refractivity contribution in [3.8, 4) is 0 Å². The highest BCUT2D eigenvalue weighted by molar-refractivity contribution is 7.86. The van der Waals surface area contributed by atoms with E-state index in [2.05, 4.69) is 6.58 Å². The van der Waals surface area contributed by atoms with Crippen molar-refractivity contribution in [1.29, 1.82) is 0 Å². The quantitative estimate of drug-likeness (QED) is 0.479. The van der Waals surface area contributed by atoms with Gasteiger partial charge in [-0.25, -0.2) is 4.18 Å². The Labute approximate surface area is 102 Å². The molecule has 0 aliphatic heterocycles.